The zero-order chi connectivity index (χ0) is 16.8. The van der Waals surface area contributed by atoms with Gasteiger partial charge in [0, 0.05) is 23.6 Å². The van der Waals surface area contributed by atoms with Crippen LogP contribution in [0.5, 0.6) is 0 Å². The van der Waals surface area contributed by atoms with Gasteiger partial charge in [0.25, 0.3) is 5.91 Å². The number of para-hydroxylation sites is 1. The van der Waals surface area contributed by atoms with Crippen LogP contribution in [0, 0.1) is 0 Å². The van der Waals surface area contributed by atoms with Gasteiger partial charge in [0.2, 0.25) is 0 Å². The first-order chi connectivity index (χ1) is 11.0. The van der Waals surface area contributed by atoms with E-state index < -0.39 is 0 Å². The smallest absolute Gasteiger partial charge is 0.274 e. The van der Waals surface area contributed by atoms with Crippen molar-refractivity contribution in [2.45, 2.75) is 46.6 Å². The summed E-state index contributed by atoms with van der Waals surface area (Å²) in [5, 5.41) is 6.34. The summed E-state index contributed by atoms with van der Waals surface area (Å²) in [6.45, 7) is 8.31. The standard InChI is InChI=1S/C19H25N3O/c1-5-14-8-7-9-15(6-2)18(14)22-19(23)17-12-16(10-11-20-17)21-13(3)4/h7-13H,5-6H2,1-4H3,(H,20,21)(H,22,23). The van der Waals surface area contributed by atoms with E-state index in [9.17, 15) is 4.79 Å². The number of nitrogens with zero attached hydrogens (tertiary/aromatic N) is 1. The van der Waals surface area contributed by atoms with Crippen LogP contribution in [0.4, 0.5) is 11.4 Å². The molecule has 0 fully saturated rings. The van der Waals surface area contributed by atoms with E-state index >= 15 is 0 Å². The number of benzene rings is 1. The van der Waals surface area contributed by atoms with Gasteiger partial charge in [-0.3, -0.25) is 9.78 Å². The summed E-state index contributed by atoms with van der Waals surface area (Å²) in [7, 11) is 0. The van der Waals surface area contributed by atoms with Crippen LogP contribution in [0.15, 0.2) is 36.5 Å². The zero-order valence-electron chi connectivity index (χ0n) is 14.3. The third-order valence-electron chi connectivity index (χ3n) is 3.69. The van der Waals surface area contributed by atoms with E-state index in [0.717, 1.165) is 35.3 Å². The quantitative estimate of drug-likeness (QED) is 0.837. The average molecular weight is 311 g/mol. The normalized spacial score (nSPS) is 10.7. The van der Waals surface area contributed by atoms with Gasteiger partial charge in [-0.15, -0.1) is 0 Å². The van der Waals surface area contributed by atoms with E-state index in [2.05, 4.69) is 55.4 Å². The van der Waals surface area contributed by atoms with Crippen LogP contribution < -0.4 is 10.6 Å². The van der Waals surface area contributed by atoms with Crippen molar-refractivity contribution in [2.75, 3.05) is 10.6 Å². The van der Waals surface area contributed by atoms with E-state index in [4.69, 9.17) is 0 Å². The van der Waals surface area contributed by atoms with Crippen LogP contribution >= 0.6 is 0 Å². The number of aromatic nitrogens is 1. The molecule has 0 aliphatic rings. The topological polar surface area (TPSA) is 54.0 Å². The molecule has 122 valence electrons. The number of nitrogens with one attached hydrogen (secondary N) is 2. The highest BCUT2D eigenvalue weighted by molar-refractivity contribution is 6.04. The number of amides is 1. The first-order valence-corrected chi connectivity index (χ1v) is 8.19. The van der Waals surface area contributed by atoms with Crippen molar-refractivity contribution >= 4 is 17.3 Å². The molecule has 0 saturated carbocycles. The number of pyridine rings is 1. The van der Waals surface area contributed by atoms with Crippen molar-refractivity contribution in [3.05, 3.63) is 53.3 Å². The van der Waals surface area contributed by atoms with Gasteiger partial charge in [0.05, 0.1) is 0 Å². The Balaban J connectivity index is 2.26. The molecule has 2 rings (SSSR count). The lowest BCUT2D eigenvalue weighted by Crippen LogP contribution is -2.17. The predicted molar refractivity (Wildman–Crippen MR) is 96.1 cm³/mol. The SMILES string of the molecule is CCc1cccc(CC)c1NC(=O)c1cc(NC(C)C)ccn1. The maximum Gasteiger partial charge on any atom is 0.274 e. The van der Waals surface area contributed by atoms with Gasteiger partial charge < -0.3 is 10.6 Å². The Morgan fingerprint density at radius 1 is 1.13 bits per heavy atom. The van der Waals surface area contributed by atoms with Crippen molar-refractivity contribution in [1.82, 2.24) is 4.98 Å². The molecule has 1 amide bonds. The number of hydrogen-bond donors (Lipinski definition) is 2. The molecule has 0 bridgehead atoms. The van der Waals surface area contributed by atoms with Gasteiger partial charge in [-0.1, -0.05) is 32.0 Å². The third-order valence-corrected chi connectivity index (χ3v) is 3.69. The minimum Gasteiger partial charge on any atom is -0.383 e. The minimum absolute atomic E-state index is 0.173. The van der Waals surface area contributed by atoms with Gasteiger partial charge in [-0.25, -0.2) is 0 Å². The molecule has 2 aromatic rings. The first-order valence-electron chi connectivity index (χ1n) is 8.19. The van der Waals surface area contributed by atoms with Crippen molar-refractivity contribution in [3.8, 4) is 0 Å². The number of carbonyl (C=O) groups excluding carboxylic acids is 1. The van der Waals surface area contributed by atoms with Crippen molar-refractivity contribution in [3.63, 3.8) is 0 Å². The Bertz CT molecular complexity index is 658. The second kappa shape index (κ2) is 7.77. The Morgan fingerprint density at radius 3 is 2.35 bits per heavy atom. The number of hydrogen-bond acceptors (Lipinski definition) is 3. The minimum atomic E-state index is -0.173. The molecule has 1 aromatic carbocycles. The van der Waals surface area contributed by atoms with Gasteiger partial charge in [0.15, 0.2) is 0 Å². The summed E-state index contributed by atoms with van der Waals surface area (Å²) in [4.78, 5) is 16.8. The Kier molecular flexibility index (Phi) is 5.74. The summed E-state index contributed by atoms with van der Waals surface area (Å²) in [6, 6.07) is 10.1. The third kappa shape index (κ3) is 4.31. The molecule has 2 N–H and O–H groups in total. The number of anilines is 2. The molecule has 0 aliphatic carbocycles. The molecule has 4 heteroatoms. The molecule has 23 heavy (non-hydrogen) atoms. The molecular weight excluding hydrogens is 286 g/mol. The Hall–Kier alpha value is -2.36. The predicted octanol–water partition coefficient (Wildman–Crippen LogP) is 4.28. The van der Waals surface area contributed by atoms with E-state index in [1.165, 1.54) is 0 Å². The maximum absolute atomic E-state index is 12.6. The summed E-state index contributed by atoms with van der Waals surface area (Å²) in [6.07, 6.45) is 3.42. The summed E-state index contributed by atoms with van der Waals surface area (Å²) < 4.78 is 0. The number of rotatable bonds is 6. The molecule has 0 unspecified atom stereocenters. The second-order valence-corrected chi connectivity index (χ2v) is 5.84. The van der Waals surface area contributed by atoms with Crippen LogP contribution in [0.2, 0.25) is 0 Å². The van der Waals surface area contributed by atoms with Gasteiger partial charge >= 0.3 is 0 Å². The van der Waals surface area contributed by atoms with Crippen LogP contribution in [-0.4, -0.2) is 16.9 Å². The van der Waals surface area contributed by atoms with Gasteiger partial charge in [0.1, 0.15) is 5.69 Å². The molecule has 0 atom stereocenters. The summed E-state index contributed by atoms with van der Waals surface area (Å²) in [5.74, 6) is -0.173. The van der Waals surface area contributed by atoms with Crippen LogP contribution in [0.1, 0.15) is 49.3 Å². The van der Waals surface area contributed by atoms with E-state index in [1.54, 1.807) is 12.3 Å². The molecule has 0 saturated heterocycles. The van der Waals surface area contributed by atoms with E-state index in [0.29, 0.717) is 11.7 Å². The lowest BCUT2D eigenvalue weighted by atomic mass is 10.0. The highest BCUT2D eigenvalue weighted by Crippen LogP contribution is 2.23. The lowest BCUT2D eigenvalue weighted by Gasteiger charge is -2.15. The molecular formula is C19H25N3O. The molecule has 0 radical (unpaired) electrons. The molecule has 1 aromatic heterocycles. The first kappa shape index (κ1) is 17.0. The van der Waals surface area contributed by atoms with E-state index in [1.807, 2.05) is 12.1 Å². The van der Waals surface area contributed by atoms with Gasteiger partial charge in [-0.05, 0) is 49.9 Å². The zero-order valence-corrected chi connectivity index (χ0v) is 14.3. The van der Waals surface area contributed by atoms with Crippen molar-refractivity contribution in [1.29, 1.82) is 0 Å². The van der Waals surface area contributed by atoms with Crippen LogP contribution in [0.3, 0.4) is 0 Å². The lowest BCUT2D eigenvalue weighted by molar-refractivity contribution is 0.102. The summed E-state index contributed by atoms with van der Waals surface area (Å²) in [5.41, 5.74) is 4.54. The second-order valence-electron chi connectivity index (χ2n) is 5.84. The number of carbonyl (C=O) groups is 1. The molecule has 4 nitrogen and oxygen atoms in total. The van der Waals surface area contributed by atoms with Crippen molar-refractivity contribution < 1.29 is 4.79 Å². The maximum atomic E-state index is 12.6. The average Bonchev–Trinajstić information content (AvgIpc) is 2.54. The summed E-state index contributed by atoms with van der Waals surface area (Å²) >= 11 is 0. The fraction of sp³-hybridized carbons (Fsp3) is 0.368. The Morgan fingerprint density at radius 2 is 1.78 bits per heavy atom. The largest absolute Gasteiger partial charge is 0.383 e. The Labute approximate surface area is 138 Å². The molecule has 1 heterocycles. The molecule has 0 aliphatic heterocycles. The monoisotopic (exact) mass is 311 g/mol. The van der Waals surface area contributed by atoms with Gasteiger partial charge in [-0.2, -0.15) is 0 Å². The van der Waals surface area contributed by atoms with Crippen LogP contribution in [-0.2, 0) is 12.8 Å². The fourth-order valence-electron chi connectivity index (χ4n) is 2.56. The van der Waals surface area contributed by atoms with E-state index in [-0.39, 0.29) is 5.91 Å². The van der Waals surface area contributed by atoms with Crippen LogP contribution in [0.25, 0.3) is 0 Å². The fourth-order valence-corrected chi connectivity index (χ4v) is 2.56. The highest BCUT2D eigenvalue weighted by atomic mass is 16.1. The highest BCUT2D eigenvalue weighted by Gasteiger charge is 2.13. The molecule has 0 spiro atoms. The number of aryl methyl sites for hydroxylation is 2. The van der Waals surface area contributed by atoms with Crippen molar-refractivity contribution in [2.24, 2.45) is 0 Å².